The first-order valence-electron chi connectivity index (χ1n) is 6.76. The zero-order valence-corrected chi connectivity index (χ0v) is 14.2. The lowest BCUT2D eigenvalue weighted by Gasteiger charge is -2.11. The Morgan fingerprint density at radius 1 is 1.35 bits per heavy atom. The summed E-state index contributed by atoms with van der Waals surface area (Å²) in [5, 5.41) is 12.7. The van der Waals surface area contributed by atoms with Gasteiger partial charge in [0.25, 0.3) is 5.69 Å². The zero-order chi connectivity index (χ0) is 16.2. The van der Waals surface area contributed by atoms with E-state index in [9.17, 15) is 10.1 Å². The summed E-state index contributed by atoms with van der Waals surface area (Å²) in [7, 11) is 0. The Hall–Kier alpha value is -2.03. The number of hydrogen-bond acceptors (Lipinski definition) is 6. The van der Waals surface area contributed by atoms with E-state index in [-0.39, 0.29) is 11.7 Å². The standard InChI is InChI=1S/C15H12BrN3O3S/c16-18-12(8-10-3-5-11(6-4-10)19(20)21)13-9-22-15(17-13)14-2-1-7-23-14/h1-7,9,12,18H,8H2/t12-/m0/s1. The molecule has 1 atom stereocenters. The lowest BCUT2D eigenvalue weighted by molar-refractivity contribution is -0.384. The minimum absolute atomic E-state index is 0.0820. The number of halogens is 1. The molecule has 1 N–H and O–H groups in total. The minimum Gasteiger partial charge on any atom is -0.443 e. The van der Waals surface area contributed by atoms with E-state index < -0.39 is 4.92 Å². The number of nitrogens with one attached hydrogen (secondary N) is 1. The highest BCUT2D eigenvalue weighted by Crippen LogP contribution is 2.27. The van der Waals surface area contributed by atoms with Gasteiger partial charge in [0.1, 0.15) is 6.26 Å². The summed E-state index contributed by atoms with van der Waals surface area (Å²) in [6.07, 6.45) is 2.25. The molecule has 3 rings (SSSR count). The van der Waals surface area contributed by atoms with Crippen molar-refractivity contribution in [2.45, 2.75) is 12.5 Å². The number of nitro benzene ring substituents is 1. The van der Waals surface area contributed by atoms with Crippen LogP contribution in [0.25, 0.3) is 10.8 Å². The van der Waals surface area contributed by atoms with Gasteiger partial charge in [0.15, 0.2) is 0 Å². The van der Waals surface area contributed by atoms with Crippen LogP contribution >= 0.6 is 27.5 Å². The number of nitrogens with zero attached hydrogens (tertiary/aromatic N) is 2. The molecule has 0 aliphatic rings. The van der Waals surface area contributed by atoms with Crippen LogP contribution in [0.1, 0.15) is 17.3 Å². The Balaban J connectivity index is 1.76. The highest BCUT2D eigenvalue weighted by molar-refractivity contribution is 9.08. The number of hydrogen-bond donors (Lipinski definition) is 1. The van der Waals surface area contributed by atoms with Crippen LogP contribution in [-0.4, -0.2) is 9.91 Å². The molecule has 0 fully saturated rings. The van der Waals surface area contributed by atoms with Gasteiger partial charge in [-0.1, -0.05) is 18.2 Å². The molecule has 0 radical (unpaired) electrons. The fourth-order valence-electron chi connectivity index (χ4n) is 2.15. The van der Waals surface area contributed by atoms with Crippen LogP contribution in [0.4, 0.5) is 5.69 Å². The summed E-state index contributed by atoms with van der Waals surface area (Å²) in [6, 6.07) is 10.3. The molecule has 0 aliphatic carbocycles. The van der Waals surface area contributed by atoms with Crippen molar-refractivity contribution in [3.05, 3.63) is 69.4 Å². The molecule has 0 saturated carbocycles. The van der Waals surface area contributed by atoms with Gasteiger partial charge in [-0.3, -0.25) is 10.1 Å². The summed E-state index contributed by atoms with van der Waals surface area (Å²) in [4.78, 5) is 15.8. The third-order valence-electron chi connectivity index (χ3n) is 3.33. The monoisotopic (exact) mass is 393 g/mol. The number of aromatic nitrogens is 1. The molecule has 6 nitrogen and oxygen atoms in total. The van der Waals surface area contributed by atoms with Crippen molar-refractivity contribution < 1.29 is 9.34 Å². The average molecular weight is 394 g/mol. The molecule has 0 bridgehead atoms. The first kappa shape index (κ1) is 15.9. The second kappa shape index (κ2) is 7.03. The molecule has 0 amide bonds. The molecule has 1 aromatic carbocycles. The van der Waals surface area contributed by atoms with Crippen LogP contribution in [0.15, 0.2) is 52.5 Å². The molecule has 0 aliphatic heterocycles. The number of rotatable bonds is 6. The SMILES string of the molecule is O=[N+]([O-])c1ccc(C[C@H](NBr)c2coc(-c3cccs3)n2)cc1. The molecule has 23 heavy (non-hydrogen) atoms. The lowest BCUT2D eigenvalue weighted by atomic mass is 10.0. The second-order valence-electron chi connectivity index (χ2n) is 4.84. The molecule has 3 aromatic rings. The predicted octanol–water partition coefficient (Wildman–Crippen LogP) is 4.49. The zero-order valence-electron chi connectivity index (χ0n) is 11.8. The third-order valence-corrected chi connectivity index (χ3v) is 4.74. The molecule has 0 unspecified atom stereocenters. The van der Waals surface area contributed by atoms with Gasteiger partial charge in [-0.15, -0.1) is 11.3 Å². The van der Waals surface area contributed by atoms with Crippen molar-refractivity contribution in [2.75, 3.05) is 0 Å². The first-order valence-corrected chi connectivity index (χ1v) is 8.43. The largest absolute Gasteiger partial charge is 0.443 e. The molecular weight excluding hydrogens is 382 g/mol. The Kier molecular flexibility index (Phi) is 4.85. The summed E-state index contributed by atoms with van der Waals surface area (Å²) in [5.74, 6) is 0.589. The predicted molar refractivity (Wildman–Crippen MR) is 91.4 cm³/mol. The van der Waals surface area contributed by atoms with Gasteiger partial charge in [0.2, 0.25) is 5.89 Å². The van der Waals surface area contributed by atoms with Gasteiger partial charge in [0, 0.05) is 28.3 Å². The molecular formula is C15H12BrN3O3S. The smallest absolute Gasteiger partial charge is 0.269 e. The maximum absolute atomic E-state index is 10.7. The Bertz CT molecular complexity index is 787. The lowest BCUT2D eigenvalue weighted by Crippen LogP contribution is -2.14. The van der Waals surface area contributed by atoms with E-state index in [4.69, 9.17) is 4.42 Å². The molecule has 118 valence electrons. The summed E-state index contributed by atoms with van der Waals surface area (Å²) in [5.41, 5.74) is 1.82. The van der Waals surface area contributed by atoms with Gasteiger partial charge in [-0.25, -0.2) is 9.33 Å². The molecule has 8 heteroatoms. The third kappa shape index (κ3) is 3.66. The van der Waals surface area contributed by atoms with Crippen LogP contribution in [0.2, 0.25) is 0 Å². The van der Waals surface area contributed by atoms with Gasteiger partial charge >= 0.3 is 0 Å². The van der Waals surface area contributed by atoms with Crippen molar-refractivity contribution in [1.82, 2.24) is 9.33 Å². The molecule has 2 heterocycles. The number of thiophene rings is 1. The minimum atomic E-state index is -0.408. The average Bonchev–Trinajstić information content (AvgIpc) is 3.24. The summed E-state index contributed by atoms with van der Waals surface area (Å²) in [6.45, 7) is 0. The molecule has 0 saturated heterocycles. The number of nitro groups is 1. The van der Waals surface area contributed by atoms with E-state index in [1.54, 1.807) is 29.7 Å². The van der Waals surface area contributed by atoms with Crippen LogP contribution in [0.5, 0.6) is 0 Å². The summed E-state index contributed by atoms with van der Waals surface area (Å²) < 4.78 is 8.55. The van der Waals surface area contributed by atoms with Crippen LogP contribution < -0.4 is 4.34 Å². The van der Waals surface area contributed by atoms with E-state index >= 15 is 0 Å². The van der Waals surface area contributed by atoms with Crippen molar-refractivity contribution in [3.8, 4) is 10.8 Å². The quantitative estimate of drug-likeness (QED) is 0.378. The highest BCUT2D eigenvalue weighted by atomic mass is 79.9. The van der Waals surface area contributed by atoms with E-state index in [2.05, 4.69) is 25.5 Å². The fourth-order valence-corrected chi connectivity index (χ4v) is 3.20. The van der Waals surface area contributed by atoms with Crippen LogP contribution in [-0.2, 0) is 6.42 Å². The molecule has 0 spiro atoms. The van der Waals surface area contributed by atoms with E-state index in [0.29, 0.717) is 12.3 Å². The van der Waals surface area contributed by atoms with Crippen molar-refractivity contribution >= 4 is 33.2 Å². The Labute approximate surface area is 144 Å². The van der Waals surface area contributed by atoms with Crippen molar-refractivity contribution in [3.63, 3.8) is 0 Å². The van der Waals surface area contributed by atoms with Crippen molar-refractivity contribution in [2.24, 2.45) is 0 Å². The van der Waals surface area contributed by atoms with E-state index in [0.717, 1.165) is 16.1 Å². The molecule has 2 aromatic heterocycles. The van der Waals surface area contributed by atoms with Gasteiger partial charge in [-0.05, 0) is 23.4 Å². The highest BCUT2D eigenvalue weighted by Gasteiger charge is 2.17. The van der Waals surface area contributed by atoms with Gasteiger partial charge < -0.3 is 4.42 Å². The fraction of sp³-hybridized carbons (Fsp3) is 0.133. The number of benzene rings is 1. The van der Waals surface area contributed by atoms with E-state index in [1.165, 1.54) is 12.1 Å². The maximum Gasteiger partial charge on any atom is 0.269 e. The Morgan fingerprint density at radius 3 is 2.74 bits per heavy atom. The Morgan fingerprint density at radius 2 is 2.13 bits per heavy atom. The van der Waals surface area contributed by atoms with Gasteiger partial charge in [-0.2, -0.15) is 0 Å². The summed E-state index contributed by atoms with van der Waals surface area (Å²) >= 11 is 4.83. The van der Waals surface area contributed by atoms with Crippen LogP contribution in [0.3, 0.4) is 0 Å². The second-order valence-corrected chi connectivity index (χ2v) is 6.25. The van der Waals surface area contributed by atoms with Crippen molar-refractivity contribution in [1.29, 1.82) is 0 Å². The van der Waals surface area contributed by atoms with E-state index in [1.807, 2.05) is 17.5 Å². The first-order chi connectivity index (χ1) is 11.2. The van der Waals surface area contributed by atoms with Crippen LogP contribution in [0, 0.1) is 10.1 Å². The topological polar surface area (TPSA) is 81.2 Å². The maximum atomic E-state index is 10.7. The normalized spacial score (nSPS) is 12.2. The van der Waals surface area contributed by atoms with Gasteiger partial charge in [0.05, 0.1) is 21.5 Å². The number of oxazole rings is 1. The number of non-ortho nitro benzene ring substituents is 1.